The van der Waals surface area contributed by atoms with Gasteiger partial charge in [-0.1, -0.05) is 24.3 Å². The Hall–Kier alpha value is -2.88. The second-order valence-electron chi connectivity index (χ2n) is 5.44. The molecule has 2 aromatic heterocycles. The zero-order valence-corrected chi connectivity index (χ0v) is 14.5. The van der Waals surface area contributed by atoms with Crippen LogP contribution >= 0.6 is 11.3 Å². The van der Waals surface area contributed by atoms with Gasteiger partial charge in [0.2, 0.25) is 0 Å². The highest BCUT2D eigenvalue weighted by molar-refractivity contribution is 7.13. The van der Waals surface area contributed by atoms with E-state index in [0.29, 0.717) is 4.88 Å². The maximum Gasteiger partial charge on any atom is 0.437 e. The first kappa shape index (κ1) is 18.9. The van der Waals surface area contributed by atoms with E-state index in [1.54, 1.807) is 17.5 Å². The molecule has 1 aromatic carbocycles. The van der Waals surface area contributed by atoms with Crippen LogP contribution in [-0.4, -0.2) is 15.7 Å². The Balaban J connectivity index is 1.58. The Kier molecular flexibility index (Phi) is 5.45. The highest BCUT2D eigenvalue weighted by atomic mass is 32.1. The number of hydrogen-bond donors (Lipinski definition) is 0. The second kappa shape index (κ2) is 7.78. The summed E-state index contributed by atoms with van der Waals surface area (Å²) in [5.41, 5.74) is -0.997. The minimum atomic E-state index is -4.53. The molecule has 142 valence electrons. The third-order valence-electron chi connectivity index (χ3n) is 3.58. The molecule has 0 N–H and O–H groups in total. The Labute approximate surface area is 154 Å². The molecule has 0 saturated heterocycles. The van der Waals surface area contributed by atoms with Crippen LogP contribution in [0, 0.1) is 0 Å². The molecule has 0 aliphatic heterocycles. The van der Waals surface area contributed by atoms with Gasteiger partial charge in [0.05, 0.1) is 23.4 Å². The average molecular weight is 398 g/mol. The third-order valence-corrected chi connectivity index (χ3v) is 4.44. The van der Waals surface area contributed by atoms with Crippen molar-refractivity contribution in [1.29, 1.82) is 0 Å². The summed E-state index contributed by atoms with van der Waals surface area (Å²) < 4.78 is 49.6. The number of hydrogen-bond acceptors (Lipinski definition) is 6. The molecule has 6 nitrogen and oxygen atoms in total. The van der Waals surface area contributed by atoms with Crippen LogP contribution < -0.4 is 5.76 Å². The summed E-state index contributed by atoms with van der Waals surface area (Å²) in [7, 11) is 0. The zero-order valence-electron chi connectivity index (χ0n) is 13.7. The van der Waals surface area contributed by atoms with Crippen LogP contribution in [-0.2, 0) is 28.9 Å². The van der Waals surface area contributed by atoms with Gasteiger partial charge in [0.15, 0.2) is 0 Å². The topological polar surface area (TPSA) is 74.3 Å². The summed E-state index contributed by atoms with van der Waals surface area (Å²) in [5.74, 6) is -1.34. The second-order valence-corrected chi connectivity index (χ2v) is 6.39. The van der Waals surface area contributed by atoms with E-state index in [2.05, 4.69) is 5.10 Å². The number of esters is 1. The average Bonchev–Trinajstić information content (AvgIpc) is 3.27. The molecular formula is C17H13F3N2O4S. The lowest BCUT2D eigenvalue weighted by Crippen LogP contribution is -2.19. The number of carbonyl (C=O) groups excluding carboxylic acids is 1. The van der Waals surface area contributed by atoms with Crippen molar-refractivity contribution < 1.29 is 27.1 Å². The smallest absolute Gasteiger partial charge is 0.437 e. The number of benzene rings is 1. The van der Waals surface area contributed by atoms with Crippen molar-refractivity contribution in [1.82, 2.24) is 9.78 Å². The van der Waals surface area contributed by atoms with Crippen molar-refractivity contribution in [3.05, 3.63) is 63.5 Å². The van der Waals surface area contributed by atoms with Gasteiger partial charge in [-0.25, -0.2) is 4.79 Å². The minimum Gasteiger partial charge on any atom is -0.461 e. The normalized spacial score (nSPS) is 11.5. The van der Waals surface area contributed by atoms with E-state index in [-0.39, 0.29) is 24.4 Å². The minimum absolute atomic E-state index is 0.104. The predicted octanol–water partition coefficient (Wildman–Crippen LogP) is 3.72. The number of thiophene rings is 1. The molecule has 0 aliphatic rings. The van der Waals surface area contributed by atoms with Gasteiger partial charge in [0, 0.05) is 5.56 Å². The van der Waals surface area contributed by atoms with E-state index in [4.69, 9.17) is 9.15 Å². The van der Waals surface area contributed by atoms with Gasteiger partial charge in [0.25, 0.3) is 5.89 Å². The van der Waals surface area contributed by atoms with Crippen molar-refractivity contribution in [3.63, 3.8) is 0 Å². The molecule has 0 radical (unpaired) electrons. The molecule has 27 heavy (non-hydrogen) atoms. The number of nitrogens with zero attached hydrogens (tertiary/aromatic N) is 2. The van der Waals surface area contributed by atoms with Crippen LogP contribution in [0.15, 0.2) is 51.0 Å². The van der Waals surface area contributed by atoms with Crippen molar-refractivity contribution in [2.45, 2.75) is 25.7 Å². The molecule has 3 aromatic rings. The van der Waals surface area contributed by atoms with Gasteiger partial charge < -0.3 is 9.15 Å². The fourth-order valence-electron chi connectivity index (χ4n) is 2.30. The SMILES string of the molecule is O=C(CCn1nc(-c2cccs2)oc1=O)OCc1ccccc1C(F)(F)F. The number of aromatic nitrogens is 2. The lowest BCUT2D eigenvalue weighted by molar-refractivity contribution is -0.148. The maximum absolute atomic E-state index is 12.9. The molecule has 0 amide bonds. The van der Waals surface area contributed by atoms with Gasteiger partial charge in [-0.05, 0) is 17.5 Å². The molecule has 0 aliphatic carbocycles. The molecule has 0 unspecified atom stereocenters. The molecular weight excluding hydrogens is 385 g/mol. The van der Waals surface area contributed by atoms with Crippen LogP contribution in [0.1, 0.15) is 17.5 Å². The van der Waals surface area contributed by atoms with Crippen LogP contribution in [0.3, 0.4) is 0 Å². The monoisotopic (exact) mass is 398 g/mol. The quantitative estimate of drug-likeness (QED) is 0.592. The van der Waals surface area contributed by atoms with Crippen molar-refractivity contribution in [2.75, 3.05) is 0 Å². The van der Waals surface area contributed by atoms with Crippen molar-refractivity contribution in [3.8, 4) is 10.8 Å². The van der Waals surface area contributed by atoms with E-state index >= 15 is 0 Å². The van der Waals surface area contributed by atoms with E-state index in [1.807, 2.05) is 0 Å². The van der Waals surface area contributed by atoms with E-state index in [9.17, 15) is 22.8 Å². The standard InChI is InChI=1S/C17H13F3N2O4S/c18-17(19,20)12-5-2-1-4-11(12)10-25-14(23)7-8-22-16(24)26-15(21-22)13-6-3-9-27-13/h1-6,9H,7-8,10H2. The summed E-state index contributed by atoms with van der Waals surface area (Å²) in [4.78, 5) is 24.2. The van der Waals surface area contributed by atoms with Gasteiger partial charge in [0.1, 0.15) is 6.61 Å². The summed E-state index contributed by atoms with van der Waals surface area (Å²) in [6, 6.07) is 8.35. The molecule has 0 spiro atoms. The number of carbonyl (C=O) groups is 1. The summed E-state index contributed by atoms with van der Waals surface area (Å²) in [5, 5.41) is 5.78. The molecule has 10 heteroatoms. The fourth-order valence-corrected chi connectivity index (χ4v) is 2.94. The lowest BCUT2D eigenvalue weighted by Gasteiger charge is -2.12. The van der Waals surface area contributed by atoms with Crippen LogP contribution in [0.4, 0.5) is 13.2 Å². The highest BCUT2D eigenvalue weighted by Crippen LogP contribution is 2.32. The Morgan fingerprint density at radius 2 is 2.00 bits per heavy atom. The van der Waals surface area contributed by atoms with E-state index in [1.165, 1.54) is 29.5 Å². The van der Waals surface area contributed by atoms with Gasteiger partial charge in [-0.15, -0.1) is 16.4 Å². The number of aryl methyl sites for hydroxylation is 1. The molecule has 0 saturated carbocycles. The molecule has 3 rings (SSSR count). The van der Waals surface area contributed by atoms with Crippen molar-refractivity contribution >= 4 is 17.3 Å². The molecule has 0 atom stereocenters. The Bertz CT molecular complexity index is 977. The largest absolute Gasteiger partial charge is 0.461 e. The maximum atomic E-state index is 12.9. The summed E-state index contributed by atoms with van der Waals surface area (Å²) >= 11 is 1.34. The third kappa shape index (κ3) is 4.64. The summed E-state index contributed by atoms with van der Waals surface area (Å²) in [6.07, 6.45) is -4.76. The number of ether oxygens (including phenoxy) is 1. The van der Waals surface area contributed by atoms with E-state index in [0.717, 1.165) is 10.7 Å². The lowest BCUT2D eigenvalue weighted by atomic mass is 10.1. The predicted molar refractivity (Wildman–Crippen MR) is 89.9 cm³/mol. The van der Waals surface area contributed by atoms with E-state index < -0.39 is 30.1 Å². The fraction of sp³-hybridized carbons (Fsp3) is 0.235. The molecule has 0 bridgehead atoms. The zero-order chi connectivity index (χ0) is 19.4. The Morgan fingerprint density at radius 1 is 1.22 bits per heavy atom. The van der Waals surface area contributed by atoms with Gasteiger partial charge >= 0.3 is 17.9 Å². The summed E-state index contributed by atoms with van der Waals surface area (Å²) in [6.45, 7) is -0.615. The van der Waals surface area contributed by atoms with Gasteiger partial charge in [-0.3, -0.25) is 4.79 Å². The van der Waals surface area contributed by atoms with Crippen LogP contribution in [0.25, 0.3) is 10.8 Å². The number of halogens is 3. The highest BCUT2D eigenvalue weighted by Gasteiger charge is 2.33. The van der Waals surface area contributed by atoms with Crippen LogP contribution in [0.2, 0.25) is 0 Å². The van der Waals surface area contributed by atoms with Crippen molar-refractivity contribution in [2.24, 2.45) is 0 Å². The molecule has 2 heterocycles. The first-order valence-electron chi connectivity index (χ1n) is 7.77. The number of rotatable bonds is 6. The first-order valence-corrected chi connectivity index (χ1v) is 8.65. The number of alkyl halides is 3. The molecule has 0 fully saturated rings. The Morgan fingerprint density at radius 3 is 2.70 bits per heavy atom. The first-order chi connectivity index (χ1) is 12.8. The van der Waals surface area contributed by atoms with Gasteiger partial charge in [-0.2, -0.15) is 17.9 Å². The van der Waals surface area contributed by atoms with Crippen LogP contribution in [0.5, 0.6) is 0 Å².